The van der Waals surface area contributed by atoms with Gasteiger partial charge in [0.1, 0.15) is 5.57 Å². The third-order valence-corrected chi connectivity index (χ3v) is 7.37. The number of halogens is 1. The SMILES string of the molecule is CCc1ccc(N2C(=O)C(=Cc3cc(C)n(-c4ccc(I)c(C)c4)c3C)C(=O)NC2=S)cc1. The van der Waals surface area contributed by atoms with Gasteiger partial charge < -0.3 is 4.57 Å². The lowest BCUT2D eigenvalue weighted by Crippen LogP contribution is -2.54. The molecular weight excluding hydrogens is 545 g/mol. The molecule has 33 heavy (non-hydrogen) atoms. The fourth-order valence-electron chi connectivity index (χ4n) is 4.03. The van der Waals surface area contributed by atoms with E-state index in [2.05, 4.69) is 64.5 Å². The number of aryl methyl sites for hydroxylation is 3. The maximum atomic E-state index is 13.4. The largest absolute Gasteiger partial charge is 0.318 e. The standard InChI is InChI=1S/C26H24IN3O2S/c1-5-18-6-8-20(9-7-18)30-25(32)22(24(31)28-26(30)33)14-19-13-16(3)29(17(19)4)21-10-11-23(27)15(2)12-21/h6-14H,5H2,1-4H3,(H,28,31,33). The molecule has 0 radical (unpaired) electrons. The van der Waals surface area contributed by atoms with Crippen molar-refractivity contribution < 1.29 is 9.59 Å². The summed E-state index contributed by atoms with van der Waals surface area (Å²) in [6.07, 6.45) is 2.56. The Hall–Kier alpha value is -2.78. The number of amides is 2. The van der Waals surface area contributed by atoms with E-state index in [-0.39, 0.29) is 10.7 Å². The first-order valence-corrected chi connectivity index (χ1v) is 12.2. The molecule has 1 aliphatic heterocycles. The summed E-state index contributed by atoms with van der Waals surface area (Å²) in [5.41, 5.74) is 6.88. The molecule has 1 N–H and O–H groups in total. The first-order valence-electron chi connectivity index (χ1n) is 10.7. The van der Waals surface area contributed by atoms with Gasteiger partial charge in [-0.3, -0.25) is 19.8 Å². The van der Waals surface area contributed by atoms with Crippen LogP contribution in [0.15, 0.2) is 54.1 Å². The van der Waals surface area contributed by atoms with Gasteiger partial charge in [-0.15, -0.1) is 0 Å². The summed E-state index contributed by atoms with van der Waals surface area (Å²) in [5, 5.41) is 2.75. The van der Waals surface area contributed by atoms with Gasteiger partial charge in [-0.2, -0.15) is 0 Å². The van der Waals surface area contributed by atoms with Gasteiger partial charge in [-0.1, -0.05) is 19.1 Å². The van der Waals surface area contributed by atoms with Crippen LogP contribution in [0, 0.1) is 24.3 Å². The topological polar surface area (TPSA) is 54.3 Å². The van der Waals surface area contributed by atoms with E-state index in [9.17, 15) is 9.59 Å². The minimum atomic E-state index is -0.485. The second kappa shape index (κ2) is 9.23. The molecule has 5 nitrogen and oxygen atoms in total. The van der Waals surface area contributed by atoms with Crippen LogP contribution in [0.1, 0.15) is 35.0 Å². The second-order valence-electron chi connectivity index (χ2n) is 8.07. The molecule has 2 amide bonds. The van der Waals surface area contributed by atoms with Crippen molar-refractivity contribution in [2.45, 2.75) is 34.1 Å². The van der Waals surface area contributed by atoms with Crippen molar-refractivity contribution in [3.05, 3.63) is 85.8 Å². The molecular formula is C26H24IN3O2S. The van der Waals surface area contributed by atoms with E-state index in [1.54, 1.807) is 6.08 Å². The van der Waals surface area contributed by atoms with Crippen LogP contribution < -0.4 is 10.2 Å². The van der Waals surface area contributed by atoms with Crippen molar-refractivity contribution in [3.8, 4) is 5.69 Å². The van der Waals surface area contributed by atoms with E-state index in [0.717, 1.165) is 34.6 Å². The molecule has 7 heteroatoms. The Kier molecular flexibility index (Phi) is 6.54. The molecule has 2 heterocycles. The number of rotatable bonds is 4. The normalized spacial score (nSPS) is 15.4. The summed E-state index contributed by atoms with van der Waals surface area (Å²) in [7, 11) is 0. The number of anilines is 1. The van der Waals surface area contributed by atoms with Crippen LogP contribution in [-0.2, 0) is 16.0 Å². The number of carbonyl (C=O) groups is 2. The molecule has 1 saturated heterocycles. The highest BCUT2D eigenvalue weighted by Crippen LogP contribution is 2.27. The van der Waals surface area contributed by atoms with Crippen LogP contribution in [0.4, 0.5) is 5.69 Å². The highest BCUT2D eigenvalue weighted by atomic mass is 127. The summed E-state index contributed by atoms with van der Waals surface area (Å²) < 4.78 is 3.33. The summed E-state index contributed by atoms with van der Waals surface area (Å²) in [5.74, 6) is -0.913. The number of thiocarbonyl (C=S) groups is 1. The molecule has 0 spiro atoms. The Morgan fingerprint density at radius 2 is 1.67 bits per heavy atom. The number of hydrogen-bond donors (Lipinski definition) is 1. The zero-order valence-electron chi connectivity index (χ0n) is 18.9. The Morgan fingerprint density at radius 1 is 1.00 bits per heavy atom. The fourth-order valence-corrected chi connectivity index (χ4v) is 4.64. The quantitative estimate of drug-likeness (QED) is 0.198. The van der Waals surface area contributed by atoms with Gasteiger partial charge in [0.25, 0.3) is 11.8 Å². The average Bonchev–Trinajstić information content (AvgIpc) is 3.06. The van der Waals surface area contributed by atoms with Crippen LogP contribution in [-0.4, -0.2) is 21.5 Å². The van der Waals surface area contributed by atoms with Gasteiger partial charge in [-0.05, 0) is 121 Å². The lowest BCUT2D eigenvalue weighted by atomic mass is 10.1. The monoisotopic (exact) mass is 569 g/mol. The predicted molar refractivity (Wildman–Crippen MR) is 145 cm³/mol. The molecule has 0 atom stereocenters. The van der Waals surface area contributed by atoms with Crippen LogP contribution in [0.3, 0.4) is 0 Å². The summed E-state index contributed by atoms with van der Waals surface area (Å²) in [6, 6.07) is 15.9. The van der Waals surface area contributed by atoms with Crippen molar-refractivity contribution >= 4 is 63.5 Å². The van der Waals surface area contributed by atoms with Gasteiger partial charge in [0.15, 0.2) is 5.11 Å². The van der Waals surface area contributed by atoms with Gasteiger partial charge in [-0.25, -0.2) is 0 Å². The third kappa shape index (κ3) is 4.39. The van der Waals surface area contributed by atoms with Crippen LogP contribution in [0.2, 0.25) is 0 Å². The Bertz CT molecular complexity index is 1320. The maximum Gasteiger partial charge on any atom is 0.270 e. The van der Waals surface area contributed by atoms with E-state index < -0.39 is 11.8 Å². The summed E-state index contributed by atoms with van der Waals surface area (Å²) >= 11 is 7.64. The van der Waals surface area contributed by atoms with Crippen LogP contribution in [0.5, 0.6) is 0 Å². The van der Waals surface area contributed by atoms with Crippen molar-refractivity contribution in [2.24, 2.45) is 0 Å². The van der Waals surface area contributed by atoms with Crippen molar-refractivity contribution in [1.82, 2.24) is 9.88 Å². The van der Waals surface area contributed by atoms with E-state index in [0.29, 0.717) is 5.69 Å². The van der Waals surface area contributed by atoms with Gasteiger partial charge >= 0.3 is 0 Å². The maximum absolute atomic E-state index is 13.4. The fraction of sp³-hybridized carbons (Fsp3) is 0.192. The molecule has 4 rings (SSSR count). The number of nitrogens with one attached hydrogen (secondary N) is 1. The van der Waals surface area contributed by atoms with E-state index >= 15 is 0 Å². The molecule has 0 unspecified atom stereocenters. The Morgan fingerprint density at radius 3 is 2.30 bits per heavy atom. The first kappa shape index (κ1) is 23.4. The van der Waals surface area contributed by atoms with Crippen LogP contribution >= 0.6 is 34.8 Å². The van der Waals surface area contributed by atoms with Crippen molar-refractivity contribution in [2.75, 3.05) is 4.90 Å². The number of nitrogens with zero attached hydrogens (tertiary/aromatic N) is 2. The number of aromatic nitrogens is 1. The number of carbonyl (C=O) groups excluding carboxylic acids is 2. The van der Waals surface area contributed by atoms with E-state index in [4.69, 9.17) is 12.2 Å². The van der Waals surface area contributed by atoms with Crippen molar-refractivity contribution in [3.63, 3.8) is 0 Å². The van der Waals surface area contributed by atoms with E-state index in [1.807, 2.05) is 44.2 Å². The third-order valence-electron chi connectivity index (χ3n) is 5.87. The zero-order chi connectivity index (χ0) is 23.9. The minimum Gasteiger partial charge on any atom is -0.318 e. The summed E-state index contributed by atoms with van der Waals surface area (Å²) in [4.78, 5) is 27.5. The van der Waals surface area contributed by atoms with E-state index in [1.165, 1.54) is 14.0 Å². The first-order chi connectivity index (χ1) is 15.7. The Labute approximate surface area is 212 Å². The molecule has 168 valence electrons. The molecule has 0 aliphatic carbocycles. The summed E-state index contributed by atoms with van der Waals surface area (Å²) in [6.45, 7) is 8.16. The molecule has 1 fully saturated rings. The van der Waals surface area contributed by atoms with Gasteiger partial charge in [0.2, 0.25) is 0 Å². The lowest BCUT2D eigenvalue weighted by molar-refractivity contribution is -0.122. The molecule has 1 aromatic heterocycles. The second-order valence-corrected chi connectivity index (χ2v) is 9.62. The van der Waals surface area contributed by atoms with Gasteiger partial charge in [0.05, 0.1) is 5.69 Å². The highest BCUT2D eigenvalue weighted by molar-refractivity contribution is 14.1. The molecule has 0 bridgehead atoms. The number of hydrogen-bond acceptors (Lipinski definition) is 3. The molecule has 3 aromatic rings. The molecule has 0 saturated carbocycles. The van der Waals surface area contributed by atoms with Crippen molar-refractivity contribution in [1.29, 1.82) is 0 Å². The Balaban J connectivity index is 1.74. The average molecular weight is 569 g/mol. The zero-order valence-corrected chi connectivity index (χ0v) is 21.9. The predicted octanol–water partition coefficient (Wildman–Crippen LogP) is 5.40. The lowest BCUT2D eigenvalue weighted by Gasteiger charge is -2.29. The molecule has 1 aliphatic rings. The minimum absolute atomic E-state index is 0.0576. The number of benzene rings is 2. The molecule has 2 aromatic carbocycles. The van der Waals surface area contributed by atoms with Gasteiger partial charge in [0, 0.05) is 20.6 Å². The highest BCUT2D eigenvalue weighted by Gasteiger charge is 2.34. The smallest absolute Gasteiger partial charge is 0.270 e. The van der Waals surface area contributed by atoms with Crippen LogP contribution in [0.25, 0.3) is 11.8 Å².